The largest absolute Gasteiger partial charge is 0.337 e. The molecule has 0 radical (unpaired) electrons. The summed E-state index contributed by atoms with van der Waals surface area (Å²) in [4.78, 5) is 30.3. The van der Waals surface area contributed by atoms with Crippen molar-refractivity contribution in [1.29, 1.82) is 0 Å². The molecule has 24 heavy (non-hydrogen) atoms. The van der Waals surface area contributed by atoms with E-state index < -0.39 is 11.1 Å². The van der Waals surface area contributed by atoms with E-state index in [1.807, 2.05) is 0 Å². The molecule has 1 aromatic rings. The number of nitrogens with zero attached hydrogens (tertiary/aromatic N) is 3. The van der Waals surface area contributed by atoms with Gasteiger partial charge >= 0.3 is 6.03 Å². The van der Waals surface area contributed by atoms with Crippen molar-refractivity contribution >= 4 is 24.3 Å². The second-order valence-corrected chi connectivity index (χ2v) is 6.99. The summed E-state index contributed by atoms with van der Waals surface area (Å²) in [5.74, 6) is 0.561. The van der Waals surface area contributed by atoms with E-state index in [9.17, 15) is 9.59 Å². The van der Waals surface area contributed by atoms with Gasteiger partial charge in [0.25, 0.3) is 5.91 Å². The van der Waals surface area contributed by atoms with Gasteiger partial charge in [0.15, 0.2) is 5.82 Å². The Morgan fingerprint density at radius 1 is 1.12 bits per heavy atom. The molecule has 0 bridgehead atoms. The first-order valence-corrected chi connectivity index (χ1v) is 8.29. The first-order valence-electron chi connectivity index (χ1n) is 8.29. The van der Waals surface area contributed by atoms with E-state index in [0.717, 1.165) is 38.5 Å². The molecule has 0 unspecified atom stereocenters. The number of amides is 3. The molecular formula is C15H22ClN5O3. The topological polar surface area (TPSA) is 114 Å². The van der Waals surface area contributed by atoms with Crippen LogP contribution in [0.4, 0.5) is 4.79 Å². The number of nitrogens with one attached hydrogen (secondary N) is 1. The normalized spacial score (nSPS) is 24.5. The Bertz CT molecular complexity index is 649. The Morgan fingerprint density at radius 3 is 2.42 bits per heavy atom. The minimum atomic E-state index is -0.708. The molecule has 3 N–H and O–H groups in total. The van der Waals surface area contributed by atoms with Crippen molar-refractivity contribution in [1.82, 2.24) is 20.4 Å². The fraction of sp³-hybridized carbons (Fsp3) is 0.733. The number of hydrogen-bond acceptors (Lipinski definition) is 6. The van der Waals surface area contributed by atoms with Crippen LogP contribution in [0.15, 0.2) is 4.52 Å². The number of carbonyl (C=O) groups is 2. The Morgan fingerprint density at radius 2 is 1.75 bits per heavy atom. The lowest BCUT2D eigenvalue weighted by atomic mass is 9.98. The molecule has 1 saturated heterocycles. The highest BCUT2D eigenvalue weighted by molar-refractivity contribution is 6.07. The van der Waals surface area contributed by atoms with E-state index in [4.69, 9.17) is 10.3 Å². The van der Waals surface area contributed by atoms with Gasteiger partial charge in [-0.3, -0.25) is 9.69 Å². The molecule has 1 aliphatic heterocycles. The molecule has 0 atom stereocenters. The van der Waals surface area contributed by atoms with Crippen LogP contribution in [0.1, 0.15) is 63.1 Å². The molecule has 4 rings (SSSR count). The molecule has 2 aliphatic carbocycles. The molecular weight excluding hydrogens is 334 g/mol. The van der Waals surface area contributed by atoms with Gasteiger partial charge in [0, 0.05) is 0 Å². The van der Waals surface area contributed by atoms with Crippen LogP contribution in [0, 0.1) is 0 Å². The van der Waals surface area contributed by atoms with Crippen LogP contribution in [0.2, 0.25) is 0 Å². The summed E-state index contributed by atoms with van der Waals surface area (Å²) < 4.78 is 5.24. The highest BCUT2D eigenvalue weighted by Crippen LogP contribution is 2.36. The molecule has 2 saturated carbocycles. The molecule has 3 amide bonds. The van der Waals surface area contributed by atoms with E-state index in [1.54, 1.807) is 0 Å². The minimum Gasteiger partial charge on any atom is -0.337 e. The van der Waals surface area contributed by atoms with Gasteiger partial charge in [0.1, 0.15) is 12.1 Å². The van der Waals surface area contributed by atoms with Gasteiger partial charge in [-0.1, -0.05) is 30.8 Å². The van der Waals surface area contributed by atoms with E-state index in [1.165, 1.54) is 4.90 Å². The number of hydrogen-bond donors (Lipinski definition) is 2. The first-order chi connectivity index (χ1) is 11.0. The number of urea groups is 1. The Hall–Kier alpha value is -1.67. The standard InChI is InChI=1S/C15H21N5O3.ClH/c16-14(5-1-2-6-14)11-17-10(23-19-11)9-20-12(21)15(18-13(20)22)7-3-4-8-15;/h1-9,16H2,(H,18,22);1H. The Kier molecular flexibility index (Phi) is 4.29. The number of halogens is 1. The van der Waals surface area contributed by atoms with Gasteiger partial charge in [-0.25, -0.2) is 4.79 Å². The predicted octanol–water partition coefficient (Wildman–Crippen LogP) is 1.58. The molecule has 0 aromatic carbocycles. The smallest absolute Gasteiger partial charge is 0.325 e. The molecule has 1 aromatic heterocycles. The third kappa shape index (κ3) is 2.57. The zero-order valence-electron chi connectivity index (χ0n) is 13.4. The lowest BCUT2D eigenvalue weighted by molar-refractivity contribution is -0.131. The maximum atomic E-state index is 12.6. The van der Waals surface area contributed by atoms with Gasteiger partial charge in [0.05, 0.1) is 5.54 Å². The average Bonchev–Trinajstić information content (AvgIpc) is 3.27. The number of aromatic nitrogens is 2. The van der Waals surface area contributed by atoms with Crippen molar-refractivity contribution in [3.63, 3.8) is 0 Å². The van der Waals surface area contributed by atoms with Crippen LogP contribution in [0.3, 0.4) is 0 Å². The molecule has 9 heteroatoms. The van der Waals surface area contributed by atoms with E-state index in [0.29, 0.717) is 18.7 Å². The zero-order valence-corrected chi connectivity index (χ0v) is 14.2. The van der Waals surface area contributed by atoms with Crippen LogP contribution < -0.4 is 11.1 Å². The van der Waals surface area contributed by atoms with Gasteiger partial charge < -0.3 is 15.6 Å². The summed E-state index contributed by atoms with van der Waals surface area (Å²) in [6.45, 7) is 0.00942. The summed E-state index contributed by atoms with van der Waals surface area (Å²) in [6.07, 6.45) is 7.09. The zero-order chi connectivity index (χ0) is 16.1. The van der Waals surface area contributed by atoms with Gasteiger partial charge in [-0.15, -0.1) is 12.4 Å². The third-order valence-electron chi connectivity index (χ3n) is 5.41. The molecule has 2 heterocycles. The van der Waals surface area contributed by atoms with Crippen LogP contribution in [0.25, 0.3) is 0 Å². The van der Waals surface area contributed by atoms with Crippen LogP contribution >= 0.6 is 12.4 Å². The molecule has 3 fully saturated rings. The Balaban J connectivity index is 0.00000169. The van der Waals surface area contributed by atoms with Crippen molar-refractivity contribution < 1.29 is 14.1 Å². The fourth-order valence-corrected chi connectivity index (χ4v) is 4.02. The van der Waals surface area contributed by atoms with Crippen LogP contribution in [-0.4, -0.2) is 32.5 Å². The maximum absolute atomic E-state index is 12.6. The molecule has 8 nitrogen and oxygen atoms in total. The predicted molar refractivity (Wildman–Crippen MR) is 86.2 cm³/mol. The minimum absolute atomic E-state index is 0. The van der Waals surface area contributed by atoms with Crippen molar-refractivity contribution in [3.8, 4) is 0 Å². The second-order valence-electron chi connectivity index (χ2n) is 6.99. The quantitative estimate of drug-likeness (QED) is 0.795. The third-order valence-corrected chi connectivity index (χ3v) is 5.41. The highest BCUT2D eigenvalue weighted by atomic mass is 35.5. The maximum Gasteiger partial charge on any atom is 0.325 e. The van der Waals surface area contributed by atoms with E-state index in [2.05, 4.69) is 15.5 Å². The average molecular weight is 356 g/mol. The van der Waals surface area contributed by atoms with Gasteiger partial charge in [0.2, 0.25) is 5.89 Å². The van der Waals surface area contributed by atoms with Crippen LogP contribution in [-0.2, 0) is 16.9 Å². The lowest BCUT2D eigenvalue weighted by Gasteiger charge is -2.19. The van der Waals surface area contributed by atoms with Crippen molar-refractivity contribution in [2.45, 2.75) is 69.0 Å². The summed E-state index contributed by atoms with van der Waals surface area (Å²) in [5.41, 5.74) is 5.06. The number of rotatable bonds is 3. The molecule has 3 aliphatic rings. The van der Waals surface area contributed by atoms with Gasteiger partial charge in [-0.2, -0.15) is 4.98 Å². The summed E-state index contributed by atoms with van der Waals surface area (Å²) >= 11 is 0. The Labute approximate surface area is 145 Å². The monoisotopic (exact) mass is 355 g/mol. The van der Waals surface area contributed by atoms with Crippen molar-refractivity contribution in [2.24, 2.45) is 5.73 Å². The van der Waals surface area contributed by atoms with Gasteiger partial charge in [-0.05, 0) is 25.7 Å². The second kappa shape index (κ2) is 6.00. The molecule has 132 valence electrons. The first kappa shape index (κ1) is 17.2. The number of carbonyl (C=O) groups excluding carboxylic acids is 2. The van der Waals surface area contributed by atoms with Crippen molar-refractivity contribution in [3.05, 3.63) is 11.7 Å². The van der Waals surface area contributed by atoms with Crippen LogP contribution in [0.5, 0.6) is 0 Å². The lowest BCUT2D eigenvalue weighted by Crippen LogP contribution is -2.44. The summed E-state index contributed by atoms with van der Waals surface area (Å²) in [5, 5.41) is 6.81. The summed E-state index contributed by atoms with van der Waals surface area (Å²) in [6, 6.07) is -0.375. The molecule has 1 spiro atoms. The van der Waals surface area contributed by atoms with Crippen molar-refractivity contribution in [2.75, 3.05) is 0 Å². The fourth-order valence-electron chi connectivity index (χ4n) is 4.02. The van der Waals surface area contributed by atoms with E-state index >= 15 is 0 Å². The SMILES string of the molecule is Cl.NC1(c2noc(CN3C(=O)NC4(CCCC4)C3=O)n2)CCCC1. The highest BCUT2D eigenvalue weighted by Gasteiger charge is 2.52. The number of nitrogens with two attached hydrogens (primary N) is 1. The number of imide groups is 1. The van der Waals surface area contributed by atoms with E-state index in [-0.39, 0.29) is 36.8 Å². The summed E-state index contributed by atoms with van der Waals surface area (Å²) in [7, 11) is 0.